The largest absolute Gasteiger partial charge is 0.444 e. The minimum Gasteiger partial charge on any atom is -0.444 e. The highest BCUT2D eigenvalue weighted by atomic mass is 35.5. The van der Waals surface area contributed by atoms with Crippen LogP contribution in [0.3, 0.4) is 0 Å². The Morgan fingerprint density at radius 1 is 1.03 bits per heavy atom. The first-order valence-electron chi connectivity index (χ1n) is 12.3. The number of nitrogens with zero attached hydrogens (tertiary/aromatic N) is 3. The van der Waals surface area contributed by atoms with Crippen LogP contribution < -0.4 is 0 Å². The van der Waals surface area contributed by atoms with Gasteiger partial charge >= 0.3 is 6.09 Å². The third-order valence-electron chi connectivity index (χ3n) is 6.85. The number of carbonyl (C=O) groups is 2. The van der Waals surface area contributed by atoms with Crippen molar-refractivity contribution < 1.29 is 14.3 Å². The van der Waals surface area contributed by atoms with Crippen molar-refractivity contribution in [3.8, 4) is 17.2 Å². The zero-order valence-corrected chi connectivity index (χ0v) is 22.4. The van der Waals surface area contributed by atoms with E-state index in [-0.39, 0.29) is 24.0 Å². The highest BCUT2D eigenvalue weighted by molar-refractivity contribution is 6.36. The van der Waals surface area contributed by atoms with Gasteiger partial charge in [0.2, 0.25) is 5.91 Å². The fourth-order valence-corrected chi connectivity index (χ4v) is 5.59. The Morgan fingerprint density at radius 3 is 2.19 bits per heavy atom. The molecule has 8 heteroatoms. The molecular formula is C28H31Cl2N3O3. The topological polar surface area (TPSA) is 73.6 Å². The van der Waals surface area contributed by atoms with E-state index in [1.54, 1.807) is 17.0 Å². The summed E-state index contributed by atoms with van der Waals surface area (Å²) in [5.74, 6) is -0.0290. The van der Waals surface area contributed by atoms with Crippen LogP contribution in [-0.4, -0.2) is 53.1 Å². The van der Waals surface area contributed by atoms with E-state index < -0.39 is 5.60 Å². The van der Waals surface area contributed by atoms with Gasteiger partial charge in [-0.1, -0.05) is 35.3 Å². The van der Waals surface area contributed by atoms with E-state index >= 15 is 0 Å². The van der Waals surface area contributed by atoms with Crippen molar-refractivity contribution in [2.45, 2.75) is 58.1 Å². The number of hydrogen-bond acceptors (Lipinski definition) is 4. The summed E-state index contributed by atoms with van der Waals surface area (Å²) in [4.78, 5) is 29.4. The van der Waals surface area contributed by atoms with Crippen molar-refractivity contribution in [3.63, 3.8) is 0 Å². The lowest BCUT2D eigenvalue weighted by atomic mass is 9.95. The molecule has 2 aliphatic rings. The van der Waals surface area contributed by atoms with E-state index in [1.807, 2.05) is 49.9 Å². The molecule has 2 heterocycles. The number of hydrogen-bond donors (Lipinski definition) is 0. The Balaban J connectivity index is 1.38. The van der Waals surface area contributed by atoms with Gasteiger partial charge in [-0.05, 0) is 87.4 Å². The van der Waals surface area contributed by atoms with Crippen LogP contribution in [-0.2, 0) is 16.0 Å². The maximum absolute atomic E-state index is 13.3. The lowest BCUT2D eigenvalue weighted by Gasteiger charge is -2.37. The summed E-state index contributed by atoms with van der Waals surface area (Å²) >= 11 is 13.3. The second-order valence-electron chi connectivity index (χ2n) is 10.5. The Hall–Kier alpha value is -2.75. The van der Waals surface area contributed by atoms with Crippen LogP contribution in [0.25, 0.3) is 11.1 Å². The normalized spacial score (nSPS) is 18.9. The summed E-state index contributed by atoms with van der Waals surface area (Å²) in [5.41, 5.74) is 2.65. The van der Waals surface area contributed by atoms with Crippen molar-refractivity contribution in [2.75, 3.05) is 19.6 Å². The maximum Gasteiger partial charge on any atom is 0.410 e. The fourth-order valence-electron chi connectivity index (χ4n) is 4.95. The standard InChI is InChI=1S/C28H31Cl2N3O3/c1-28(2,3)36-27(35)32-11-9-22(10-12-32)33-13-8-20(26(33)34)14-23-24(29)15-21(16-25(23)30)19-6-4-18(17-31)5-7-19/h4-7,15-16,20,22H,8-14H2,1-3H3. The van der Waals surface area contributed by atoms with Gasteiger partial charge in [0.1, 0.15) is 5.60 Å². The van der Waals surface area contributed by atoms with Gasteiger partial charge in [-0.3, -0.25) is 4.79 Å². The minimum atomic E-state index is -0.519. The SMILES string of the molecule is CC(C)(C)OC(=O)N1CCC(N2CCC(Cc3c(Cl)cc(-c4ccc(C#N)cc4)cc3Cl)C2=O)CC1. The van der Waals surface area contributed by atoms with Gasteiger partial charge in [0.05, 0.1) is 11.6 Å². The molecule has 2 aliphatic heterocycles. The van der Waals surface area contributed by atoms with Crippen LogP contribution in [0, 0.1) is 17.2 Å². The summed E-state index contributed by atoms with van der Waals surface area (Å²) < 4.78 is 5.48. The molecule has 190 valence electrons. The summed E-state index contributed by atoms with van der Waals surface area (Å²) in [6, 6.07) is 13.2. The van der Waals surface area contributed by atoms with E-state index in [2.05, 4.69) is 6.07 Å². The molecule has 2 aromatic carbocycles. The lowest BCUT2D eigenvalue weighted by Crippen LogP contribution is -2.48. The number of benzene rings is 2. The van der Waals surface area contributed by atoms with Crippen molar-refractivity contribution in [1.82, 2.24) is 9.80 Å². The molecule has 0 N–H and O–H groups in total. The van der Waals surface area contributed by atoms with Crippen LogP contribution >= 0.6 is 23.2 Å². The summed E-state index contributed by atoms with van der Waals surface area (Å²) in [5, 5.41) is 10.1. The Bertz CT molecular complexity index is 1150. The summed E-state index contributed by atoms with van der Waals surface area (Å²) in [6.07, 6.45) is 2.46. The smallest absolute Gasteiger partial charge is 0.410 e. The molecule has 0 aliphatic carbocycles. The molecular weight excluding hydrogens is 497 g/mol. The molecule has 0 radical (unpaired) electrons. The van der Waals surface area contributed by atoms with Crippen molar-refractivity contribution in [3.05, 3.63) is 57.6 Å². The molecule has 2 aromatic rings. The van der Waals surface area contributed by atoms with E-state index in [0.29, 0.717) is 41.7 Å². The van der Waals surface area contributed by atoms with Gasteiger partial charge in [-0.25, -0.2) is 4.79 Å². The minimum absolute atomic E-state index is 0.130. The summed E-state index contributed by atoms with van der Waals surface area (Å²) in [6.45, 7) is 7.46. The second kappa shape index (κ2) is 10.7. The summed E-state index contributed by atoms with van der Waals surface area (Å²) in [7, 11) is 0. The molecule has 2 fully saturated rings. The van der Waals surface area contributed by atoms with Crippen molar-refractivity contribution >= 4 is 35.2 Å². The van der Waals surface area contributed by atoms with Gasteiger partial charge in [-0.2, -0.15) is 5.26 Å². The molecule has 1 unspecified atom stereocenters. The lowest BCUT2D eigenvalue weighted by molar-refractivity contribution is -0.133. The quantitative estimate of drug-likeness (QED) is 0.466. The first kappa shape index (κ1) is 26.3. The Morgan fingerprint density at radius 2 is 1.64 bits per heavy atom. The van der Waals surface area contributed by atoms with E-state index in [0.717, 1.165) is 36.0 Å². The third kappa shape index (κ3) is 5.96. The molecule has 4 rings (SSSR count). The van der Waals surface area contributed by atoms with Crippen LogP contribution in [0.5, 0.6) is 0 Å². The number of likely N-dealkylation sites (tertiary alicyclic amines) is 2. The Labute approximate surface area is 222 Å². The average Bonchev–Trinajstić information content (AvgIpc) is 3.20. The average molecular weight is 528 g/mol. The van der Waals surface area contributed by atoms with E-state index in [9.17, 15) is 9.59 Å². The monoisotopic (exact) mass is 527 g/mol. The third-order valence-corrected chi connectivity index (χ3v) is 7.52. The van der Waals surface area contributed by atoms with Crippen molar-refractivity contribution in [1.29, 1.82) is 5.26 Å². The second-order valence-corrected chi connectivity index (χ2v) is 11.3. The van der Waals surface area contributed by atoms with Crippen LogP contribution in [0.4, 0.5) is 4.79 Å². The predicted molar refractivity (Wildman–Crippen MR) is 141 cm³/mol. The molecule has 2 amide bonds. The van der Waals surface area contributed by atoms with Gasteiger partial charge < -0.3 is 14.5 Å². The number of nitriles is 1. The van der Waals surface area contributed by atoms with Gasteiger partial charge in [0.15, 0.2) is 0 Å². The number of amides is 2. The van der Waals surface area contributed by atoms with Crippen LogP contribution in [0.2, 0.25) is 10.0 Å². The molecule has 0 aromatic heterocycles. The molecule has 0 bridgehead atoms. The predicted octanol–water partition coefficient (Wildman–Crippen LogP) is 6.32. The number of piperidine rings is 1. The molecule has 0 saturated carbocycles. The number of rotatable bonds is 4. The maximum atomic E-state index is 13.3. The first-order chi connectivity index (χ1) is 17.1. The highest BCUT2D eigenvalue weighted by Crippen LogP contribution is 2.36. The zero-order chi connectivity index (χ0) is 26.0. The molecule has 36 heavy (non-hydrogen) atoms. The van der Waals surface area contributed by atoms with E-state index in [4.69, 9.17) is 33.2 Å². The van der Waals surface area contributed by atoms with Crippen LogP contribution in [0.15, 0.2) is 36.4 Å². The number of carbonyl (C=O) groups excluding carboxylic acids is 2. The highest BCUT2D eigenvalue weighted by Gasteiger charge is 2.38. The molecule has 0 spiro atoms. The fraction of sp³-hybridized carbons (Fsp3) is 0.464. The molecule has 2 saturated heterocycles. The first-order valence-corrected chi connectivity index (χ1v) is 13.1. The number of halogens is 2. The van der Waals surface area contributed by atoms with E-state index in [1.165, 1.54) is 0 Å². The molecule has 1 atom stereocenters. The van der Waals surface area contributed by atoms with Gasteiger partial charge in [0, 0.05) is 41.6 Å². The molecule has 6 nitrogen and oxygen atoms in total. The zero-order valence-electron chi connectivity index (χ0n) is 20.9. The van der Waals surface area contributed by atoms with Gasteiger partial charge in [-0.15, -0.1) is 0 Å². The van der Waals surface area contributed by atoms with Gasteiger partial charge in [0.25, 0.3) is 0 Å². The van der Waals surface area contributed by atoms with Crippen LogP contribution in [0.1, 0.15) is 51.2 Å². The Kier molecular flexibility index (Phi) is 7.82. The van der Waals surface area contributed by atoms with Crippen molar-refractivity contribution in [2.24, 2.45) is 5.92 Å². The number of ether oxygens (including phenoxy) is 1.